The number of aromatic nitrogens is 3. The average molecular weight is 747 g/mol. The standard InChI is InChI=1S/C38H50N8O6S/c1-37(2,3)29(42-36(51)45-38(4,5)6)35(50)46-20-23(52-33-24-15-17-53-34(24)44-30(43-33)25-12-7-8-16-39-25)19-27(46)31(48)41-26(18-21-10-9-11-21)28(47)32(49)40-22-13-14-22/h7-8,12,15-17,21-23,26-27,29H,9-11,13-14,18-20H2,1-6H3,(H,40,49)(H,41,48)(H2,42,45,51)/t23-,26+,27?,29?/m1/s1. The van der Waals surface area contributed by atoms with E-state index < -0.39 is 64.7 Å². The zero-order chi connectivity index (χ0) is 38.1. The predicted molar refractivity (Wildman–Crippen MR) is 200 cm³/mol. The molecule has 3 aromatic heterocycles. The first-order chi connectivity index (χ1) is 25.1. The molecule has 2 saturated carbocycles. The molecule has 14 nitrogen and oxygen atoms in total. The minimum atomic E-state index is -1.07. The van der Waals surface area contributed by atoms with Gasteiger partial charge in [-0.1, -0.05) is 46.1 Å². The Balaban J connectivity index is 1.29. The summed E-state index contributed by atoms with van der Waals surface area (Å²) in [6.07, 6.45) is 5.90. The van der Waals surface area contributed by atoms with E-state index in [1.165, 1.54) is 16.2 Å². The van der Waals surface area contributed by atoms with Crippen molar-refractivity contribution in [3.8, 4) is 17.4 Å². The maximum atomic E-state index is 14.6. The number of urea groups is 1. The molecule has 0 radical (unpaired) electrons. The molecule has 6 rings (SSSR count). The Labute approximate surface area is 313 Å². The molecular weight excluding hydrogens is 697 g/mol. The van der Waals surface area contributed by atoms with Crippen LogP contribution in [0, 0.1) is 11.3 Å². The molecule has 0 bridgehead atoms. The molecule has 0 spiro atoms. The molecule has 1 aliphatic heterocycles. The summed E-state index contributed by atoms with van der Waals surface area (Å²) in [5.41, 5.74) is -0.742. The van der Waals surface area contributed by atoms with E-state index in [2.05, 4.69) is 31.2 Å². The smallest absolute Gasteiger partial charge is 0.315 e. The Bertz CT molecular complexity index is 1850. The Hall–Kier alpha value is -4.66. The number of Topliss-reactive ketones (excluding diaryl/α,β-unsaturated/α-hetero) is 1. The van der Waals surface area contributed by atoms with E-state index in [1.807, 2.05) is 59.1 Å². The van der Waals surface area contributed by atoms with Crippen molar-refractivity contribution in [2.75, 3.05) is 6.54 Å². The fraction of sp³-hybridized carbons (Fsp3) is 0.579. The van der Waals surface area contributed by atoms with E-state index in [-0.39, 0.29) is 24.9 Å². The molecule has 284 valence electrons. The van der Waals surface area contributed by atoms with Crippen LogP contribution in [-0.4, -0.2) is 91.7 Å². The van der Waals surface area contributed by atoms with Gasteiger partial charge in [0.2, 0.25) is 23.5 Å². The highest BCUT2D eigenvalue weighted by atomic mass is 32.1. The molecule has 53 heavy (non-hydrogen) atoms. The highest BCUT2D eigenvalue weighted by Gasteiger charge is 2.47. The lowest BCUT2D eigenvalue weighted by molar-refractivity contribution is -0.144. The number of hydrogen-bond acceptors (Lipinski definition) is 10. The number of amides is 5. The fourth-order valence-corrected chi connectivity index (χ4v) is 7.34. The second kappa shape index (κ2) is 15.4. The van der Waals surface area contributed by atoms with Crippen molar-refractivity contribution in [1.29, 1.82) is 0 Å². The Kier molecular flexibility index (Phi) is 11.0. The first-order valence-electron chi connectivity index (χ1n) is 18.4. The number of carbonyl (C=O) groups is 5. The fourth-order valence-electron chi connectivity index (χ4n) is 6.59. The van der Waals surface area contributed by atoms with Gasteiger partial charge in [-0.3, -0.25) is 24.2 Å². The SMILES string of the molecule is CC(C)(C)NC(=O)NC(C(=O)N1C[C@H](Oc2nc(-c3ccccn3)nc3sccc23)CC1C(=O)N[C@@H](CC1CCC1)C(=O)C(=O)NC1CC1)C(C)(C)C. The topological polar surface area (TPSA) is 185 Å². The summed E-state index contributed by atoms with van der Waals surface area (Å²) in [4.78, 5) is 84.3. The summed E-state index contributed by atoms with van der Waals surface area (Å²) in [5.74, 6) is -1.54. The van der Waals surface area contributed by atoms with Crippen LogP contribution in [0.4, 0.5) is 4.79 Å². The second-order valence-electron chi connectivity index (χ2n) is 16.5. The number of carbonyl (C=O) groups excluding carboxylic acids is 5. The van der Waals surface area contributed by atoms with Crippen LogP contribution in [0.1, 0.15) is 86.5 Å². The summed E-state index contributed by atoms with van der Waals surface area (Å²) in [5, 5.41) is 13.9. The molecule has 2 aliphatic carbocycles. The third-order valence-corrected chi connectivity index (χ3v) is 10.6. The van der Waals surface area contributed by atoms with E-state index in [0.717, 1.165) is 32.1 Å². The zero-order valence-corrected chi connectivity index (χ0v) is 32.0. The Morgan fingerprint density at radius 2 is 1.74 bits per heavy atom. The normalized spacial score (nSPS) is 20.2. The number of nitrogens with zero attached hydrogens (tertiary/aromatic N) is 4. The average Bonchev–Trinajstić information content (AvgIpc) is 3.57. The van der Waals surface area contributed by atoms with Crippen molar-refractivity contribution in [2.24, 2.45) is 11.3 Å². The van der Waals surface area contributed by atoms with Gasteiger partial charge >= 0.3 is 6.03 Å². The lowest BCUT2D eigenvalue weighted by Gasteiger charge is -2.36. The van der Waals surface area contributed by atoms with Gasteiger partial charge in [0.1, 0.15) is 28.7 Å². The summed E-state index contributed by atoms with van der Waals surface area (Å²) >= 11 is 1.43. The number of hydrogen-bond donors (Lipinski definition) is 4. The molecule has 3 aromatic rings. The molecule has 0 aromatic carbocycles. The van der Waals surface area contributed by atoms with Crippen LogP contribution < -0.4 is 26.0 Å². The molecule has 3 aliphatic rings. The number of rotatable bonds is 12. The zero-order valence-electron chi connectivity index (χ0n) is 31.2. The van der Waals surface area contributed by atoms with Crippen LogP contribution in [-0.2, 0) is 19.2 Å². The first kappa shape index (κ1) is 38.1. The third-order valence-electron chi connectivity index (χ3n) is 9.75. The van der Waals surface area contributed by atoms with E-state index >= 15 is 0 Å². The molecule has 15 heteroatoms. The molecule has 4 N–H and O–H groups in total. The number of nitrogens with one attached hydrogen (secondary N) is 4. The van der Waals surface area contributed by atoms with Gasteiger partial charge < -0.3 is 30.9 Å². The molecule has 3 fully saturated rings. The summed E-state index contributed by atoms with van der Waals surface area (Å²) in [7, 11) is 0. The highest BCUT2D eigenvalue weighted by molar-refractivity contribution is 7.16. The molecule has 4 heterocycles. The monoisotopic (exact) mass is 746 g/mol. The van der Waals surface area contributed by atoms with Crippen LogP contribution in [0.25, 0.3) is 21.7 Å². The summed E-state index contributed by atoms with van der Waals surface area (Å²) in [6, 6.07) is 3.65. The third kappa shape index (κ3) is 9.48. The number of ether oxygens (including phenoxy) is 1. The molecule has 1 saturated heterocycles. The number of thiophene rings is 1. The van der Waals surface area contributed by atoms with Crippen molar-refractivity contribution in [3.63, 3.8) is 0 Å². The lowest BCUT2D eigenvalue weighted by atomic mass is 9.80. The van der Waals surface area contributed by atoms with Crippen molar-refractivity contribution < 1.29 is 28.7 Å². The summed E-state index contributed by atoms with van der Waals surface area (Å²) in [6.45, 7) is 11.0. The maximum absolute atomic E-state index is 14.6. The molecule has 2 unspecified atom stereocenters. The summed E-state index contributed by atoms with van der Waals surface area (Å²) < 4.78 is 6.54. The van der Waals surface area contributed by atoms with Gasteiger partial charge in [-0.2, -0.15) is 4.98 Å². The van der Waals surface area contributed by atoms with E-state index in [0.29, 0.717) is 34.0 Å². The lowest BCUT2D eigenvalue weighted by Crippen LogP contribution is -2.61. The molecular formula is C38H50N8O6S. The Morgan fingerprint density at radius 3 is 2.36 bits per heavy atom. The van der Waals surface area contributed by atoms with E-state index in [1.54, 1.807) is 18.3 Å². The Morgan fingerprint density at radius 1 is 0.981 bits per heavy atom. The van der Waals surface area contributed by atoms with E-state index in [9.17, 15) is 24.0 Å². The van der Waals surface area contributed by atoms with Gasteiger partial charge in [-0.05, 0) is 74.9 Å². The van der Waals surface area contributed by atoms with Crippen LogP contribution >= 0.6 is 11.3 Å². The number of likely N-dealkylation sites (tertiary alicyclic amines) is 1. The van der Waals surface area contributed by atoms with Crippen LogP contribution in [0.3, 0.4) is 0 Å². The predicted octanol–water partition coefficient (Wildman–Crippen LogP) is 4.14. The van der Waals surface area contributed by atoms with Gasteiger partial charge in [-0.25, -0.2) is 9.78 Å². The van der Waals surface area contributed by atoms with Crippen LogP contribution in [0.15, 0.2) is 35.8 Å². The highest BCUT2D eigenvalue weighted by Crippen LogP contribution is 2.34. The molecule has 5 amide bonds. The number of fused-ring (bicyclic) bond motifs is 1. The van der Waals surface area contributed by atoms with Gasteiger partial charge in [0, 0.05) is 24.2 Å². The van der Waals surface area contributed by atoms with Crippen molar-refractivity contribution in [3.05, 3.63) is 35.8 Å². The molecule has 4 atom stereocenters. The van der Waals surface area contributed by atoms with Crippen LogP contribution in [0.2, 0.25) is 0 Å². The first-order valence-corrected chi connectivity index (χ1v) is 19.3. The van der Waals surface area contributed by atoms with Gasteiger partial charge in [0.25, 0.3) is 5.91 Å². The number of pyridine rings is 1. The largest absolute Gasteiger partial charge is 0.472 e. The van der Waals surface area contributed by atoms with E-state index in [4.69, 9.17) is 9.72 Å². The van der Waals surface area contributed by atoms with Crippen LogP contribution in [0.5, 0.6) is 5.88 Å². The van der Waals surface area contributed by atoms with Gasteiger partial charge in [0.05, 0.1) is 18.0 Å². The van der Waals surface area contributed by atoms with Crippen molar-refractivity contribution in [1.82, 2.24) is 41.1 Å². The van der Waals surface area contributed by atoms with Crippen molar-refractivity contribution in [2.45, 2.75) is 122 Å². The quantitative estimate of drug-likeness (QED) is 0.198. The minimum Gasteiger partial charge on any atom is -0.472 e. The second-order valence-corrected chi connectivity index (χ2v) is 17.4. The number of ketones is 1. The van der Waals surface area contributed by atoms with Gasteiger partial charge in [-0.15, -0.1) is 11.3 Å². The maximum Gasteiger partial charge on any atom is 0.315 e. The minimum absolute atomic E-state index is 0.00400. The van der Waals surface area contributed by atoms with Crippen molar-refractivity contribution >= 4 is 51.1 Å². The van der Waals surface area contributed by atoms with Gasteiger partial charge in [0.15, 0.2) is 5.82 Å².